The molecule has 2 N–H and O–H groups in total. The van der Waals surface area contributed by atoms with E-state index in [1.807, 2.05) is 0 Å². The second-order valence-corrected chi connectivity index (χ2v) is 5.64. The van der Waals surface area contributed by atoms with E-state index in [1.165, 1.54) is 11.3 Å². The van der Waals surface area contributed by atoms with E-state index in [2.05, 4.69) is 35.3 Å². The molecule has 1 saturated heterocycles. The van der Waals surface area contributed by atoms with E-state index in [-0.39, 0.29) is 0 Å². The van der Waals surface area contributed by atoms with Gasteiger partial charge in [0, 0.05) is 24.8 Å². The molecule has 2 atom stereocenters. The molecular formula is C15H22N4O. The molecule has 0 radical (unpaired) electrons. The van der Waals surface area contributed by atoms with Gasteiger partial charge in [0.15, 0.2) is 0 Å². The Kier molecular flexibility index (Phi) is 3.38. The molecule has 0 amide bonds. The molecule has 2 aromatic heterocycles. The third-order valence-corrected chi connectivity index (χ3v) is 4.60. The number of nitrogens with zero attached hydrogens (tertiary/aromatic N) is 3. The summed E-state index contributed by atoms with van der Waals surface area (Å²) in [4.78, 5) is 8.56. The van der Waals surface area contributed by atoms with Crippen LogP contribution in [-0.4, -0.2) is 27.2 Å². The number of anilines is 1. The predicted molar refractivity (Wildman–Crippen MR) is 79.6 cm³/mol. The Morgan fingerprint density at radius 1 is 1.40 bits per heavy atom. The van der Waals surface area contributed by atoms with Gasteiger partial charge in [-0.2, -0.15) is 0 Å². The van der Waals surface area contributed by atoms with E-state index in [0.29, 0.717) is 17.8 Å². The zero-order chi connectivity index (χ0) is 14.3. The van der Waals surface area contributed by atoms with Crippen LogP contribution >= 0.6 is 0 Å². The third-order valence-electron chi connectivity index (χ3n) is 4.60. The van der Waals surface area contributed by atoms with Crippen molar-refractivity contribution in [1.29, 1.82) is 0 Å². The summed E-state index contributed by atoms with van der Waals surface area (Å²) in [5.41, 5.74) is 9.38. The van der Waals surface area contributed by atoms with Gasteiger partial charge in [0.05, 0.1) is 11.5 Å². The average molecular weight is 274 g/mol. The summed E-state index contributed by atoms with van der Waals surface area (Å²) in [5.74, 6) is 1.13. The number of aryl methyl sites for hydroxylation is 1. The number of rotatable bonds is 3. The molecule has 2 aromatic rings. The first-order valence-electron chi connectivity index (χ1n) is 7.31. The van der Waals surface area contributed by atoms with Gasteiger partial charge in [-0.1, -0.05) is 6.92 Å². The summed E-state index contributed by atoms with van der Waals surface area (Å²) in [6.45, 7) is 8.24. The van der Waals surface area contributed by atoms with E-state index in [9.17, 15) is 0 Å². The maximum atomic E-state index is 6.01. The molecule has 20 heavy (non-hydrogen) atoms. The Labute approximate surface area is 119 Å². The van der Waals surface area contributed by atoms with E-state index >= 15 is 0 Å². The van der Waals surface area contributed by atoms with Crippen molar-refractivity contribution in [3.63, 3.8) is 0 Å². The fourth-order valence-corrected chi connectivity index (χ4v) is 3.31. The number of hydrogen-bond donors (Lipinski definition) is 1. The highest BCUT2D eigenvalue weighted by Crippen LogP contribution is 2.31. The molecule has 0 spiro atoms. The van der Waals surface area contributed by atoms with Crippen molar-refractivity contribution in [1.82, 2.24) is 14.5 Å². The van der Waals surface area contributed by atoms with Gasteiger partial charge < -0.3 is 15.0 Å². The quantitative estimate of drug-likeness (QED) is 0.933. The standard InChI is InChI=1S/C15H22N4O/c1-4-12-11(5-6-20-12)7-19-10(3)9(2)13-14(16)17-8-18-15(13)19/h8,11-12H,4-7H2,1-3H3,(H2,16,17,18). The highest BCUT2D eigenvalue weighted by Gasteiger charge is 2.28. The molecule has 5 nitrogen and oxygen atoms in total. The normalized spacial score (nSPS) is 22.8. The van der Waals surface area contributed by atoms with Gasteiger partial charge in [0.2, 0.25) is 0 Å². The molecule has 1 aliphatic heterocycles. The zero-order valence-corrected chi connectivity index (χ0v) is 12.4. The lowest BCUT2D eigenvalue weighted by molar-refractivity contribution is 0.0836. The first-order chi connectivity index (χ1) is 9.63. The van der Waals surface area contributed by atoms with E-state index in [0.717, 1.165) is 37.0 Å². The topological polar surface area (TPSA) is 66.0 Å². The summed E-state index contributed by atoms with van der Waals surface area (Å²) >= 11 is 0. The zero-order valence-electron chi connectivity index (χ0n) is 12.4. The molecule has 5 heteroatoms. The molecule has 0 saturated carbocycles. The maximum Gasteiger partial charge on any atom is 0.145 e. The minimum atomic E-state index is 0.367. The van der Waals surface area contributed by atoms with Crippen LogP contribution in [0.15, 0.2) is 6.33 Å². The first kappa shape index (κ1) is 13.4. The van der Waals surface area contributed by atoms with Gasteiger partial charge >= 0.3 is 0 Å². The van der Waals surface area contributed by atoms with Gasteiger partial charge in [-0.15, -0.1) is 0 Å². The summed E-state index contributed by atoms with van der Waals surface area (Å²) in [7, 11) is 0. The maximum absolute atomic E-state index is 6.01. The molecule has 1 aliphatic rings. The Balaban J connectivity index is 2.03. The van der Waals surface area contributed by atoms with E-state index < -0.39 is 0 Å². The van der Waals surface area contributed by atoms with Crippen molar-refractivity contribution in [2.24, 2.45) is 5.92 Å². The Hall–Kier alpha value is -1.62. The number of ether oxygens (including phenoxy) is 1. The van der Waals surface area contributed by atoms with Gasteiger partial charge in [0.25, 0.3) is 0 Å². The van der Waals surface area contributed by atoms with Crippen molar-refractivity contribution < 1.29 is 4.74 Å². The van der Waals surface area contributed by atoms with Gasteiger partial charge in [-0.25, -0.2) is 9.97 Å². The van der Waals surface area contributed by atoms with Crippen LogP contribution in [0, 0.1) is 19.8 Å². The predicted octanol–water partition coefficient (Wildman–Crippen LogP) is 2.45. The largest absolute Gasteiger partial charge is 0.383 e. The minimum Gasteiger partial charge on any atom is -0.383 e. The van der Waals surface area contributed by atoms with Crippen molar-refractivity contribution >= 4 is 16.9 Å². The van der Waals surface area contributed by atoms with Crippen LogP contribution in [0.2, 0.25) is 0 Å². The summed E-state index contributed by atoms with van der Waals surface area (Å²) in [6, 6.07) is 0. The summed E-state index contributed by atoms with van der Waals surface area (Å²) in [6.07, 6.45) is 4.11. The molecule has 1 fully saturated rings. The van der Waals surface area contributed by atoms with Gasteiger partial charge in [0.1, 0.15) is 17.8 Å². The molecule has 108 valence electrons. The third kappa shape index (κ3) is 1.97. The monoisotopic (exact) mass is 274 g/mol. The second kappa shape index (κ2) is 5.05. The van der Waals surface area contributed by atoms with E-state index in [4.69, 9.17) is 10.5 Å². The number of fused-ring (bicyclic) bond motifs is 1. The van der Waals surface area contributed by atoms with Crippen molar-refractivity contribution in [3.05, 3.63) is 17.6 Å². The Morgan fingerprint density at radius 3 is 2.95 bits per heavy atom. The molecule has 3 heterocycles. The fraction of sp³-hybridized carbons (Fsp3) is 0.600. The highest BCUT2D eigenvalue weighted by molar-refractivity contribution is 5.90. The van der Waals surface area contributed by atoms with Crippen molar-refractivity contribution in [3.8, 4) is 0 Å². The molecule has 0 bridgehead atoms. The van der Waals surface area contributed by atoms with Crippen LogP contribution in [0.1, 0.15) is 31.0 Å². The first-order valence-corrected chi connectivity index (χ1v) is 7.31. The van der Waals surface area contributed by atoms with Gasteiger partial charge in [-0.05, 0) is 32.3 Å². The Morgan fingerprint density at radius 2 is 2.20 bits per heavy atom. The number of hydrogen-bond acceptors (Lipinski definition) is 4. The molecule has 2 unspecified atom stereocenters. The lowest BCUT2D eigenvalue weighted by Gasteiger charge is -2.19. The van der Waals surface area contributed by atoms with Crippen molar-refractivity contribution in [2.75, 3.05) is 12.3 Å². The fourth-order valence-electron chi connectivity index (χ4n) is 3.31. The highest BCUT2D eigenvalue weighted by atomic mass is 16.5. The van der Waals surface area contributed by atoms with Crippen molar-refractivity contribution in [2.45, 2.75) is 46.3 Å². The van der Waals surface area contributed by atoms with Crippen LogP contribution in [0.5, 0.6) is 0 Å². The minimum absolute atomic E-state index is 0.367. The molecule has 0 aliphatic carbocycles. The number of nitrogens with two attached hydrogens (primary N) is 1. The van der Waals surface area contributed by atoms with Crippen LogP contribution in [0.4, 0.5) is 5.82 Å². The summed E-state index contributed by atoms with van der Waals surface area (Å²) in [5, 5.41) is 0.997. The Bertz CT molecular complexity index is 634. The second-order valence-electron chi connectivity index (χ2n) is 5.64. The molecule has 3 rings (SSSR count). The lowest BCUT2D eigenvalue weighted by atomic mass is 9.99. The molecular weight excluding hydrogens is 252 g/mol. The van der Waals surface area contributed by atoms with Gasteiger partial charge in [-0.3, -0.25) is 0 Å². The van der Waals surface area contributed by atoms with Crippen LogP contribution in [-0.2, 0) is 11.3 Å². The molecule has 0 aromatic carbocycles. The lowest BCUT2D eigenvalue weighted by Crippen LogP contribution is -2.21. The smallest absolute Gasteiger partial charge is 0.145 e. The van der Waals surface area contributed by atoms with Crippen LogP contribution < -0.4 is 5.73 Å². The average Bonchev–Trinajstić information content (AvgIpc) is 2.98. The number of aromatic nitrogens is 3. The number of nitrogen functional groups attached to an aromatic ring is 1. The van der Waals surface area contributed by atoms with Crippen LogP contribution in [0.3, 0.4) is 0 Å². The van der Waals surface area contributed by atoms with E-state index in [1.54, 1.807) is 6.33 Å². The van der Waals surface area contributed by atoms with Crippen LogP contribution in [0.25, 0.3) is 11.0 Å². The summed E-state index contributed by atoms with van der Waals surface area (Å²) < 4.78 is 8.08. The SMILES string of the molecule is CCC1OCCC1Cn1c(C)c(C)c2c(N)ncnc21.